The van der Waals surface area contributed by atoms with Gasteiger partial charge in [-0.1, -0.05) is 36.4 Å². The minimum absolute atomic E-state index is 0. The molecule has 0 spiro atoms. The molecule has 2 aromatic carbocycles. The Balaban J connectivity index is 0.00000144. The van der Waals surface area contributed by atoms with Crippen LogP contribution in [0.25, 0.3) is 10.8 Å². The van der Waals surface area contributed by atoms with Crippen LogP contribution < -0.4 is 5.73 Å². The average Bonchev–Trinajstić information content (AvgIpc) is 3.08. The largest absolute Gasteiger partial charge is 0.327 e. The smallest absolute Gasteiger partial charge is 0.0320 e. The summed E-state index contributed by atoms with van der Waals surface area (Å²) in [5.74, 6) is 1.57. The first-order chi connectivity index (χ1) is 10.2. The van der Waals surface area contributed by atoms with Crippen molar-refractivity contribution in [2.24, 2.45) is 17.6 Å². The number of fused-ring (bicyclic) bond motifs is 2. The third-order valence-corrected chi connectivity index (χ3v) is 5.74. The van der Waals surface area contributed by atoms with Crippen LogP contribution in [-0.2, 0) is 0 Å². The number of benzene rings is 2. The standard InChI is InChI=1S/C19H24N2.ClH/c1-13(21-11-17-8-9-19(20)18(17)12-21)15-7-6-14-4-2-3-5-16(14)10-15;/h2-7,10,13,17-19H,8-9,11-12,20H2,1H3;1H. The number of nitrogens with zero attached hydrogens (tertiary/aromatic N) is 1. The Morgan fingerprint density at radius 3 is 2.59 bits per heavy atom. The summed E-state index contributed by atoms with van der Waals surface area (Å²) in [5, 5.41) is 2.67. The van der Waals surface area contributed by atoms with E-state index >= 15 is 0 Å². The van der Waals surface area contributed by atoms with Gasteiger partial charge >= 0.3 is 0 Å². The molecule has 4 atom stereocenters. The molecule has 22 heavy (non-hydrogen) atoms. The van der Waals surface area contributed by atoms with E-state index in [1.807, 2.05) is 0 Å². The SMILES string of the molecule is CC(c1ccc2ccccc2c1)N1CC2CCC(N)C2C1.Cl. The van der Waals surface area contributed by atoms with E-state index in [0.717, 1.165) is 11.8 Å². The number of halogens is 1. The number of hydrogen-bond donors (Lipinski definition) is 1. The zero-order chi connectivity index (χ0) is 14.4. The molecule has 2 nitrogen and oxygen atoms in total. The maximum absolute atomic E-state index is 6.27. The van der Waals surface area contributed by atoms with Crippen molar-refractivity contribution in [2.75, 3.05) is 13.1 Å². The van der Waals surface area contributed by atoms with Crippen molar-refractivity contribution >= 4 is 23.2 Å². The molecule has 1 aliphatic carbocycles. The predicted molar refractivity (Wildman–Crippen MR) is 95.4 cm³/mol. The first-order valence-electron chi connectivity index (χ1n) is 8.21. The summed E-state index contributed by atoms with van der Waals surface area (Å²) in [6.45, 7) is 4.75. The highest BCUT2D eigenvalue weighted by atomic mass is 35.5. The zero-order valence-corrected chi connectivity index (χ0v) is 13.9. The second-order valence-corrected chi connectivity index (χ2v) is 6.90. The van der Waals surface area contributed by atoms with E-state index in [1.54, 1.807) is 0 Å². The number of hydrogen-bond acceptors (Lipinski definition) is 2. The predicted octanol–water partition coefficient (Wildman–Crippen LogP) is 3.99. The summed E-state index contributed by atoms with van der Waals surface area (Å²) in [7, 11) is 0. The van der Waals surface area contributed by atoms with Gasteiger partial charge in [0, 0.05) is 25.2 Å². The molecule has 4 unspecified atom stereocenters. The normalized spacial score (nSPS) is 29.3. The van der Waals surface area contributed by atoms with Gasteiger partial charge in [0.15, 0.2) is 0 Å². The molecule has 2 aromatic rings. The summed E-state index contributed by atoms with van der Waals surface area (Å²) in [5.41, 5.74) is 7.70. The van der Waals surface area contributed by atoms with E-state index in [9.17, 15) is 0 Å². The fraction of sp³-hybridized carbons (Fsp3) is 0.474. The van der Waals surface area contributed by atoms with Gasteiger partial charge in [-0.2, -0.15) is 0 Å². The van der Waals surface area contributed by atoms with E-state index in [0.29, 0.717) is 12.1 Å². The van der Waals surface area contributed by atoms with Gasteiger partial charge < -0.3 is 5.73 Å². The van der Waals surface area contributed by atoms with Crippen LogP contribution in [0.5, 0.6) is 0 Å². The van der Waals surface area contributed by atoms with Gasteiger partial charge in [0.25, 0.3) is 0 Å². The number of likely N-dealkylation sites (tertiary alicyclic amines) is 1. The molecule has 0 radical (unpaired) electrons. The molecule has 4 rings (SSSR count). The molecule has 2 fully saturated rings. The van der Waals surface area contributed by atoms with Crippen LogP contribution in [0.2, 0.25) is 0 Å². The van der Waals surface area contributed by atoms with Crippen molar-refractivity contribution in [3.8, 4) is 0 Å². The van der Waals surface area contributed by atoms with E-state index in [-0.39, 0.29) is 12.4 Å². The average molecular weight is 317 g/mol. The fourth-order valence-electron chi connectivity index (χ4n) is 4.34. The lowest BCUT2D eigenvalue weighted by molar-refractivity contribution is 0.239. The molecule has 2 N–H and O–H groups in total. The Labute approximate surface area is 139 Å². The lowest BCUT2D eigenvalue weighted by Crippen LogP contribution is -2.31. The second kappa shape index (κ2) is 6.19. The Kier molecular flexibility index (Phi) is 4.44. The van der Waals surface area contributed by atoms with E-state index in [4.69, 9.17) is 5.73 Å². The van der Waals surface area contributed by atoms with Crippen LogP contribution in [0.3, 0.4) is 0 Å². The summed E-state index contributed by atoms with van der Waals surface area (Å²) in [6.07, 6.45) is 2.56. The van der Waals surface area contributed by atoms with Gasteiger partial charge in [-0.05, 0) is 54.0 Å². The van der Waals surface area contributed by atoms with Crippen molar-refractivity contribution in [3.05, 3.63) is 48.0 Å². The molecule has 1 saturated heterocycles. The van der Waals surface area contributed by atoms with E-state index in [2.05, 4.69) is 54.3 Å². The highest BCUT2D eigenvalue weighted by Gasteiger charge is 2.42. The highest BCUT2D eigenvalue weighted by Crippen LogP contribution is 2.40. The lowest BCUT2D eigenvalue weighted by Gasteiger charge is -2.26. The Morgan fingerprint density at radius 2 is 1.82 bits per heavy atom. The van der Waals surface area contributed by atoms with E-state index < -0.39 is 0 Å². The van der Waals surface area contributed by atoms with Gasteiger partial charge in [0.1, 0.15) is 0 Å². The maximum Gasteiger partial charge on any atom is 0.0320 e. The molecule has 1 heterocycles. The quantitative estimate of drug-likeness (QED) is 0.907. The Bertz CT molecular complexity index is 657. The molecule has 0 bridgehead atoms. The molecular weight excluding hydrogens is 292 g/mol. The monoisotopic (exact) mass is 316 g/mol. The van der Waals surface area contributed by atoms with Crippen molar-refractivity contribution in [3.63, 3.8) is 0 Å². The van der Waals surface area contributed by atoms with Crippen LogP contribution >= 0.6 is 12.4 Å². The summed E-state index contributed by atoms with van der Waals surface area (Å²) in [4.78, 5) is 2.64. The van der Waals surface area contributed by atoms with Gasteiger partial charge in [-0.15, -0.1) is 12.4 Å². The third kappa shape index (κ3) is 2.64. The van der Waals surface area contributed by atoms with Crippen molar-refractivity contribution in [1.29, 1.82) is 0 Å². The topological polar surface area (TPSA) is 29.3 Å². The number of rotatable bonds is 2. The highest BCUT2D eigenvalue weighted by molar-refractivity contribution is 5.85. The summed E-state index contributed by atoms with van der Waals surface area (Å²) in [6, 6.07) is 16.4. The molecule has 3 heteroatoms. The molecule has 1 aliphatic heterocycles. The van der Waals surface area contributed by atoms with Crippen LogP contribution in [-0.4, -0.2) is 24.0 Å². The van der Waals surface area contributed by atoms with Crippen LogP contribution in [0.4, 0.5) is 0 Å². The van der Waals surface area contributed by atoms with Crippen molar-refractivity contribution < 1.29 is 0 Å². The summed E-state index contributed by atoms with van der Waals surface area (Å²) >= 11 is 0. The summed E-state index contributed by atoms with van der Waals surface area (Å²) < 4.78 is 0. The van der Waals surface area contributed by atoms with Gasteiger partial charge in [0.05, 0.1) is 0 Å². The molecule has 2 aliphatic rings. The minimum Gasteiger partial charge on any atom is -0.327 e. The molecule has 1 saturated carbocycles. The van der Waals surface area contributed by atoms with Gasteiger partial charge in [-0.3, -0.25) is 4.90 Å². The van der Waals surface area contributed by atoms with Gasteiger partial charge in [-0.25, -0.2) is 0 Å². The lowest BCUT2D eigenvalue weighted by atomic mass is 9.98. The first-order valence-corrected chi connectivity index (χ1v) is 8.21. The Morgan fingerprint density at radius 1 is 1.05 bits per heavy atom. The van der Waals surface area contributed by atoms with Crippen LogP contribution in [0.1, 0.15) is 31.4 Å². The van der Waals surface area contributed by atoms with Crippen LogP contribution in [0, 0.1) is 11.8 Å². The van der Waals surface area contributed by atoms with Crippen molar-refractivity contribution in [2.45, 2.75) is 31.8 Å². The first kappa shape index (κ1) is 15.8. The fourth-order valence-corrected chi connectivity index (χ4v) is 4.34. The number of nitrogens with two attached hydrogens (primary N) is 1. The molecule has 0 aromatic heterocycles. The zero-order valence-electron chi connectivity index (χ0n) is 13.1. The Hall–Kier alpha value is -1.09. The molecule has 0 amide bonds. The van der Waals surface area contributed by atoms with Crippen molar-refractivity contribution in [1.82, 2.24) is 4.90 Å². The van der Waals surface area contributed by atoms with Crippen LogP contribution in [0.15, 0.2) is 42.5 Å². The molecular formula is C19H25ClN2. The van der Waals surface area contributed by atoms with Gasteiger partial charge in [0.2, 0.25) is 0 Å². The molecule has 118 valence electrons. The minimum atomic E-state index is 0. The van der Waals surface area contributed by atoms with E-state index in [1.165, 1.54) is 42.3 Å². The third-order valence-electron chi connectivity index (χ3n) is 5.74. The maximum atomic E-state index is 6.27. The second-order valence-electron chi connectivity index (χ2n) is 6.90.